The van der Waals surface area contributed by atoms with Gasteiger partial charge in [0.05, 0.1) is 0 Å². The maximum absolute atomic E-state index is 11.6. The fourth-order valence-corrected chi connectivity index (χ4v) is 1.17. The van der Waals surface area contributed by atoms with E-state index in [9.17, 15) is 4.79 Å². The summed E-state index contributed by atoms with van der Waals surface area (Å²) in [5, 5.41) is 0.363. The van der Waals surface area contributed by atoms with Gasteiger partial charge in [0.15, 0.2) is 5.43 Å². The molecule has 0 aliphatic carbocycles. The topological polar surface area (TPSA) is 84.7 Å². The molecule has 0 saturated carbocycles. The first-order valence-corrected chi connectivity index (χ1v) is 3.78. The van der Waals surface area contributed by atoms with Crippen molar-refractivity contribution in [3.05, 3.63) is 28.3 Å². The molecule has 2 heterocycles. The molecule has 0 atom stereocenters. The highest BCUT2D eigenvalue weighted by atomic mass is 16.1. The van der Waals surface area contributed by atoms with Gasteiger partial charge in [0, 0.05) is 11.8 Å². The number of nitrogens with zero attached hydrogens (tertiary/aromatic N) is 2. The second-order valence-corrected chi connectivity index (χ2v) is 2.78. The summed E-state index contributed by atoms with van der Waals surface area (Å²) in [5.41, 5.74) is 6.52. The lowest BCUT2D eigenvalue weighted by molar-refractivity contribution is 1.17. The van der Waals surface area contributed by atoms with E-state index in [-0.39, 0.29) is 11.2 Å². The van der Waals surface area contributed by atoms with Crippen LogP contribution in [0.1, 0.15) is 5.56 Å². The highest BCUT2D eigenvalue weighted by molar-refractivity contribution is 5.84. The second-order valence-electron chi connectivity index (χ2n) is 2.78. The molecule has 2 aromatic heterocycles. The summed E-state index contributed by atoms with van der Waals surface area (Å²) in [4.78, 5) is 22.1. The van der Waals surface area contributed by atoms with Crippen LogP contribution in [0.15, 0.2) is 17.3 Å². The van der Waals surface area contributed by atoms with Gasteiger partial charge in [-0.3, -0.25) is 4.79 Å². The molecule has 3 N–H and O–H groups in total. The lowest BCUT2D eigenvalue weighted by Gasteiger charge is -1.99. The minimum absolute atomic E-state index is 0.119. The van der Waals surface area contributed by atoms with Crippen molar-refractivity contribution in [2.45, 2.75) is 6.92 Å². The molecule has 0 amide bonds. The Bertz CT molecular complexity index is 517. The number of aromatic amines is 1. The summed E-state index contributed by atoms with van der Waals surface area (Å²) in [6.07, 6.45) is 2.93. The van der Waals surface area contributed by atoms with Crippen molar-refractivity contribution in [3.8, 4) is 0 Å². The molecule has 2 aromatic rings. The Morgan fingerprint density at radius 3 is 3.00 bits per heavy atom. The summed E-state index contributed by atoms with van der Waals surface area (Å²) in [7, 11) is 0. The van der Waals surface area contributed by atoms with Crippen LogP contribution in [0.25, 0.3) is 11.0 Å². The van der Waals surface area contributed by atoms with E-state index in [0.29, 0.717) is 16.6 Å². The molecule has 0 saturated heterocycles. The molecule has 0 unspecified atom stereocenters. The first-order chi connectivity index (χ1) is 6.20. The molecule has 0 spiro atoms. The Morgan fingerprint density at radius 2 is 2.23 bits per heavy atom. The molecule has 0 aliphatic rings. The molecule has 2 rings (SSSR count). The number of pyridine rings is 1. The molecule has 5 nitrogen and oxygen atoms in total. The number of nitrogens with two attached hydrogens (primary N) is 1. The number of aromatic nitrogens is 3. The number of fused-ring (bicyclic) bond motifs is 1. The molecule has 5 heteroatoms. The van der Waals surface area contributed by atoms with Crippen molar-refractivity contribution in [2.75, 3.05) is 5.73 Å². The molecular formula is C8H8N4O. The SMILES string of the molecule is Cc1c[nH]c2ncnc(N)c2c1=O. The number of anilines is 1. The van der Waals surface area contributed by atoms with Crippen LogP contribution in [-0.4, -0.2) is 15.0 Å². The average molecular weight is 176 g/mol. The van der Waals surface area contributed by atoms with E-state index in [2.05, 4.69) is 15.0 Å². The fraction of sp³-hybridized carbons (Fsp3) is 0.125. The predicted molar refractivity (Wildman–Crippen MR) is 49.3 cm³/mol. The number of hydrogen-bond donors (Lipinski definition) is 2. The van der Waals surface area contributed by atoms with E-state index < -0.39 is 0 Å². The van der Waals surface area contributed by atoms with Crippen LogP contribution >= 0.6 is 0 Å². The molecule has 0 bridgehead atoms. The molecule has 0 fully saturated rings. The highest BCUT2D eigenvalue weighted by Crippen LogP contribution is 2.09. The quantitative estimate of drug-likeness (QED) is 0.600. The molecule has 0 radical (unpaired) electrons. The monoisotopic (exact) mass is 176 g/mol. The number of hydrogen-bond acceptors (Lipinski definition) is 4. The largest absolute Gasteiger partial charge is 0.383 e. The smallest absolute Gasteiger partial charge is 0.197 e. The minimum Gasteiger partial charge on any atom is -0.383 e. The van der Waals surface area contributed by atoms with Crippen molar-refractivity contribution >= 4 is 16.9 Å². The zero-order chi connectivity index (χ0) is 9.42. The van der Waals surface area contributed by atoms with Crippen LogP contribution in [0, 0.1) is 6.92 Å². The van der Waals surface area contributed by atoms with E-state index >= 15 is 0 Å². The third kappa shape index (κ3) is 1.05. The van der Waals surface area contributed by atoms with Crippen molar-refractivity contribution in [1.29, 1.82) is 0 Å². The van der Waals surface area contributed by atoms with E-state index in [1.807, 2.05) is 0 Å². The van der Waals surface area contributed by atoms with E-state index in [4.69, 9.17) is 5.73 Å². The van der Waals surface area contributed by atoms with Crippen LogP contribution in [0.3, 0.4) is 0 Å². The Morgan fingerprint density at radius 1 is 1.46 bits per heavy atom. The summed E-state index contributed by atoms with van der Waals surface area (Å²) in [6, 6.07) is 0. The van der Waals surface area contributed by atoms with Gasteiger partial charge in [0.1, 0.15) is 23.2 Å². The Hall–Kier alpha value is -1.91. The number of rotatable bonds is 0. The van der Waals surface area contributed by atoms with Crippen LogP contribution in [-0.2, 0) is 0 Å². The van der Waals surface area contributed by atoms with Gasteiger partial charge in [-0.1, -0.05) is 0 Å². The zero-order valence-corrected chi connectivity index (χ0v) is 7.03. The fourth-order valence-electron chi connectivity index (χ4n) is 1.17. The van der Waals surface area contributed by atoms with Crippen LogP contribution in [0.2, 0.25) is 0 Å². The van der Waals surface area contributed by atoms with Crippen molar-refractivity contribution in [3.63, 3.8) is 0 Å². The summed E-state index contributed by atoms with van der Waals surface area (Å²) in [6.45, 7) is 1.71. The second kappa shape index (κ2) is 2.55. The van der Waals surface area contributed by atoms with Gasteiger partial charge >= 0.3 is 0 Å². The van der Waals surface area contributed by atoms with Gasteiger partial charge in [-0.15, -0.1) is 0 Å². The number of H-pyrrole nitrogens is 1. The van der Waals surface area contributed by atoms with Gasteiger partial charge in [0.2, 0.25) is 0 Å². The van der Waals surface area contributed by atoms with Crippen molar-refractivity contribution < 1.29 is 0 Å². The Kier molecular flexibility index (Phi) is 1.51. The molecule has 0 aliphatic heterocycles. The average Bonchev–Trinajstić information content (AvgIpc) is 2.12. The summed E-state index contributed by atoms with van der Waals surface area (Å²) < 4.78 is 0. The lowest BCUT2D eigenvalue weighted by Crippen LogP contribution is -2.10. The maximum atomic E-state index is 11.6. The summed E-state index contributed by atoms with van der Waals surface area (Å²) >= 11 is 0. The summed E-state index contributed by atoms with van der Waals surface area (Å²) in [5.74, 6) is 0.218. The molecule has 66 valence electrons. The Labute approximate surface area is 73.6 Å². The normalized spacial score (nSPS) is 10.5. The number of aryl methyl sites for hydroxylation is 1. The van der Waals surface area contributed by atoms with Gasteiger partial charge < -0.3 is 10.7 Å². The number of nitrogen functional groups attached to an aromatic ring is 1. The van der Waals surface area contributed by atoms with Gasteiger partial charge in [-0.25, -0.2) is 9.97 Å². The van der Waals surface area contributed by atoms with Gasteiger partial charge in [0.25, 0.3) is 0 Å². The van der Waals surface area contributed by atoms with E-state index in [0.717, 1.165) is 0 Å². The molecule has 13 heavy (non-hydrogen) atoms. The standard InChI is InChI=1S/C8H8N4O/c1-4-2-10-8-5(6(4)13)7(9)11-3-12-8/h2-3H,1H3,(H3,9,10,11,12,13). The first kappa shape index (κ1) is 7.72. The molecular weight excluding hydrogens is 168 g/mol. The predicted octanol–water partition coefficient (Wildman–Crippen LogP) is 0.209. The van der Waals surface area contributed by atoms with Crippen LogP contribution in [0.5, 0.6) is 0 Å². The lowest BCUT2D eigenvalue weighted by atomic mass is 10.2. The van der Waals surface area contributed by atoms with Crippen molar-refractivity contribution in [1.82, 2.24) is 15.0 Å². The zero-order valence-electron chi connectivity index (χ0n) is 7.03. The number of nitrogens with one attached hydrogen (secondary N) is 1. The first-order valence-electron chi connectivity index (χ1n) is 3.78. The van der Waals surface area contributed by atoms with Crippen molar-refractivity contribution in [2.24, 2.45) is 0 Å². The maximum Gasteiger partial charge on any atom is 0.197 e. The van der Waals surface area contributed by atoms with Crippen LogP contribution < -0.4 is 11.2 Å². The van der Waals surface area contributed by atoms with Crippen LogP contribution in [0.4, 0.5) is 5.82 Å². The van der Waals surface area contributed by atoms with E-state index in [1.165, 1.54) is 6.33 Å². The van der Waals surface area contributed by atoms with Gasteiger partial charge in [-0.2, -0.15) is 0 Å². The minimum atomic E-state index is -0.119. The van der Waals surface area contributed by atoms with E-state index in [1.54, 1.807) is 13.1 Å². The third-order valence-electron chi connectivity index (χ3n) is 1.89. The molecule has 0 aromatic carbocycles. The highest BCUT2D eigenvalue weighted by Gasteiger charge is 2.05. The van der Waals surface area contributed by atoms with Gasteiger partial charge in [-0.05, 0) is 6.92 Å². The Balaban J connectivity index is 3.06. The third-order valence-corrected chi connectivity index (χ3v) is 1.89.